The summed E-state index contributed by atoms with van der Waals surface area (Å²) in [6, 6.07) is 7.73. The third-order valence-corrected chi connectivity index (χ3v) is 3.34. The molecule has 0 N–H and O–H groups in total. The maximum absolute atomic E-state index is 13.6. The van der Waals surface area contributed by atoms with Crippen molar-refractivity contribution in [1.82, 2.24) is 4.98 Å². The molecule has 20 heavy (non-hydrogen) atoms. The number of nitrogens with zero attached hydrogens (tertiary/aromatic N) is 2. The van der Waals surface area contributed by atoms with Crippen molar-refractivity contribution in [3.63, 3.8) is 0 Å². The Kier molecular flexibility index (Phi) is 3.95. The van der Waals surface area contributed by atoms with E-state index in [1.54, 1.807) is 6.07 Å². The van der Waals surface area contributed by atoms with Crippen LogP contribution in [-0.2, 0) is 6.18 Å². The number of rotatable bonds is 2. The average molecular weight is 298 g/mol. The molecule has 0 atom stereocenters. The summed E-state index contributed by atoms with van der Waals surface area (Å²) in [6.07, 6.45) is -3.75. The second-order valence-corrected chi connectivity index (χ2v) is 4.80. The molecule has 1 heterocycles. The molecule has 0 bridgehead atoms. The smallest absolute Gasteiger partial charge is 0.249 e. The normalized spacial score (nSPS) is 11.2. The highest BCUT2D eigenvalue weighted by Gasteiger charge is 2.30. The van der Waals surface area contributed by atoms with Crippen molar-refractivity contribution in [3.8, 4) is 6.07 Å². The Bertz CT molecular complexity index is 660. The van der Waals surface area contributed by atoms with Crippen LogP contribution in [0.1, 0.15) is 11.1 Å². The standard InChI is InChI=1S/C13H6F4N2S/c14-10-5-8(6-18)1-3-11(10)20-12-4-2-9(7-19-12)13(15,16)17/h1-5,7H. The summed E-state index contributed by atoms with van der Waals surface area (Å²) >= 11 is 0.890. The summed E-state index contributed by atoms with van der Waals surface area (Å²) in [5, 5.41) is 8.84. The van der Waals surface area contributed by atoms with Gasteiger partial charge in [-0.3, -0.25) is 0 Å². The summed E-state index contributed by atoms with van der Waals surface area (Å²) in [6.45, 7) is 0. The van der Waals surface area contributed by atoms with Gasteiger partial charge in [0.15, 0.2) is 0 Å². The van der Waals surface area contributed by atoms with Gasteiger partial charge in [-0.2, -0.15) is 18.4 Å². The quantitative estimate of drug-likeness (QED) is 0.777. The van der Waals surface area contributed by atoms with Gasteiger partial charge in [-0.05, 0) is 30.3 Å². The van der Waals surface area contributed by atoms with E-state index in [2.05, 4.69) is 4.98 Å². The van der Waals surface area contributed by atoms with Crippen molar-refractivity contribution in [2.45, 2.75) is 16.1 Å². The number of pyridine rings is 1. The number of aromatic nitrogens is 1. The van der Waals surface area contributed by atoms with Crippen molar-refractivity contribution in [1.29, 1.82) is 5.26 Å². The third kappa shape index (κ3) is 3.27. The van der Waals surface area contributed by atoms with Crippen LogP contribution in [0.5, 0.6) is 0 Å². The molecule has 1 aromatic heterocycles. The Morgan fingerprint density at radius 2 is 1.90 bits per heavy atom. The topological polar surface area (TPSA) is 36.7 Å². The van der Waals surface area contributed by atoms with Crippen molar-refractivity contribution >= 4 is 11.8 Å². The van der Waals surface area contributed by atoms with Gasteiger partial charge in [0, 0.05) is 11.1 Å². The molecule has 2 aromatic rings. The molecule has 0 aliphatic heterocycles. The van der Waals surface area contributed by atoms with E-state index < -0.39 is 17.6 Å². The summed E-state index contributed by atoms with van der Waals surface area (Å²) in [5.41, 5.74) is -0.686. The molecule has 0 fully saturated rings. The van der Waals surface area contributed by atoms with Crippen LogP contribution in [-0.4, -0.2) is 4.98 Å². The molecule has 102 valence electrons. The fourth-order valence-corrected chi connectivity index (χ4v) is 2.13. The lowest BCUT2D eigenvalue weighted by atomic mass is 10.2. The van der Waals surface area contributed by atoms with Crippen LogP contribution in [0.2, 0.25) is 0 Å². The van der Waals surface area contributed by atoms with Crippen molar-refractivity contribution in [2.24, 2.45) is 0 Å². The molecule has 2 rings (SSSR count). The lowest BCUT2D eigenvalue weighted by Crippen LogP contribution is -2.05. The Morgan fingerprint density at radius 1 is 1.15 bits per heavy atom. The van der Waals surface area contributed by atoms with Crippen LogP contribution < -0.4 is 0 Å². The molecule has 1 aromatic carbocycles. The molecular weight excluding hydrogens is 292 g/mol. The third-order valence-electron chi connectivity index (χ3n) is 2.34. The molecule has 0 saturated carbocycles. The van der Waals surface area contributed by atoms with Gasteiger partial charge in [0.1, 0.15) is 10.8 Å². The van der Waals surface area contributed by atoms with Crippen LogP contribution in [0.4, 0.5) is 17.6 Å². The van der Waals surface area contributed by atoms with Gasteiger partial charge in [0.2, 0.25) is 0 Å². The van der Waals surface area contributed by atoms with Crippen molar-refractivity contribution < 1.29 is 17.6 Å². The van der Waals surface area contributed by atoms with E-state index in [1.165, 1.54) is 18.2 Å². The molecule has 0 aliphatic carbocycles. The molecule has 2 nitrogen and oxygen atoms in total. The number of hydrogen-bond donors (Lipinski definition) is 0. The van der Waals surface area contributed by atoms with E-state index >= 15 is 0 Å². The lowest BCUT2D eigenvalue weighted by Gasteiger charge is -2.07. The number of hydrogen-bond acceptors (Lipinski definition) is 3. The Hall–Kier alpha value is -2.07. The van der Waals surface area contributed by atoms with Gasteiger partial charge in [-0.15, -0.1) is 0 Å². The summed E-state index contributed by atoms with van der Waals surface area (Å²) in [4.78, 5) is 3.83. The van der Waals surface area contributed by atoms with Crippen LogP contribution in [0.3, 0.4) is 0 Å². The fourth-order valence-electron chi connectivity index (χ4n) is 1.37. The van der Waals surface area contributed by atoms with Crippen LogP contribution >= 0.6 is 11.8 Å². The molecule has 0 radical (unpaired) electrons. The summed E-state index contributed by atoms with van der Waals surface area (Å²) in [7, 11) is 0. The van der Waals surface area contributed by atoms with Gasteiger partial charge in [-0.1, -0.05) is 11.8 Å². The van der Waals surface area contributed by atoms with Crippen molar-refractivity contribution in [3.05, 3.63) is 53.5 Å². The molecule has 0 saturated heterocycles. The largest absolute Gasteiger partial charge is 0.417 e. The number of halogens is 4. The monoisotopic (exact) mass is 298 g/mol. The fraction of sp³-hybridized carbons (Fsp3) is 0.0769. The maximum Gasteiger partial charge on any atom is 0.417 e. The minimum absolute atomic E-state index is 0.173. The van der Waals surface area contributed by atoms with Gasteiger partial charge >= 0.3 is 6.18 Å². The van der Waals surface area contributed by atoms with Gasteiger partial charge in [0.25, 0.3) is 0 Å². The van der Waals surface area contributed by atoms with Crippen molar-refractivity contribution in [2.75, 3.05) is 0 Å². The lowest BCUT2D eigenvalue weighted by molar-refractivity contribution is -0.137. The van der Waals surface area contributed by atoms with E-state index in [0.29, 0.717) is 6.20 Å². The molecule has 0 amide bonds. The predicted molar refractivity (Wildman–Crippen MR) is 64.5 cm³/mol. The second-order valence-electron chi connectivity index (χ2n) is 3.74. The highest BCUT2D eigenvalue weighted by molar-refractivity contribution is 7.99. The zero-order chi connectivity index (χ0) is 14.8. The van der Waals surface area contributed by atoms with E-state index in [9.17, 15) is 17.6 Å². The first kappa shape index (κ1) is 14.3. The second kappa shape index (κ2) is 5.51. The Morgan fingerprint density at radius 3 is 2.40 bits per heavy atom. The Balaban J connectivity index is 2.21. The van der Waals surface area contributed by atoms with Crippen LogP contribution in [0.15, 0.2) is 46.5 Å². The number of benzene rings is 1. The molecule has 7 heteroatoms. The van der Waals surface area contributed by atoms with Gasteiger partial charge in [-0.25, -0.2) is 9.37 Å². The molecule has 0 unspecified atom stereocenters. The zero-order valence-electron chi connectivity index (χ0n) is 9.78. The molecule has 0 spiro atoms. The predicted octanol–water partition coefficient (Wildman–Crippen LogP) is 4.26. The minimum Gasteiger partial charge on any atom is -0.249 e. The highest BCUT2D eigenvalue weighted by Crippen LogP contribution is 2.32. The number of nitriles is 1. The molecular formula is C13H6F4N2S. The van der Waals surface area contributed by atoms with Crippen LogP contribution in [0, 0.1) is 17.1 Å². The SMILES string of the molecule is N#Cc1ccc(Sc2ccc(C(F)(F)F)cn2)c(F)c1. The first-order chi connectivity index (χ1) is 9.40. The van der Waals surface area contributed by atoms with E-state index in [4.69, 9.17) is 5.26 Å². The van der Waals surface area contributed by atoms with Crippen LogP contribution in [0.25, 0.3) is 0 Å². The van der Waals surface area contributed by atoms with Gasteiger partial charge in [0.05, 0.1) is 17.2 Å². The minimum atomic E-state index is -4.45. The maximum atomic E-state index is 13.6. The highest BCUT2D eigenvalue weighted by atomic mass is 32.2. The summed E-state index contributed by atoms with van der Waals surface area (Å²) in [5.74, 6) is -0.615. The average Bonchev–Trinajstić information content (AvgIpc) is 2.40. The zero-order valence-corrected chi connectivity index (χ0v) is 10.6. The van der Waals surface area contributed by atoms with Gasteiger partial charge < -0.3 is 0 Å². The first-order valence-electron chi connectivity index (χ1n) is 5.31. The first-order valence-corrected chi connectivity index (χ1v) is 6.12. The van der Waals surface area contributed by atoms with E-state index in [-0.39, 0.29) is 15.5 Å². The molecule has 0 aliphatic rings. The van der Waals surface area contributed by atoms with E-state index in [1.807, 2.05) is 0 Å². The Labute approximate surface area is 116 Å². The van der Waals surface area contributed by atoms with E-state index in [0.717, 1.165) is 23.9 Å². The number of alkyl halides is 3. The summed E-state index contributed by atoms with van der Waals surface area (Å²) < 4.78 is 50.7.